The Morgan fingerprint density at radius 1 is 1.35 bits per heavy atom. The van der Waals surface area contributed by atoms with Crippen LogP contribution in [0.25, 0.3) is 0 Å². The fraction of sp³-hybridized carbons (Fsp3) is 0.267. The van der Waals surface area contributed by atoms with Crippen molar-refractivity contribution in [1.82, 2.24) is 4.90 Å². The number of halogens is 2. The predicted octanol–water partition coefficient (Wildman–Crippen LogP) is 4.79. The van der Waals surface area contributed by atoms with E-state index in [-0.39, 0.29) is 17.5 Å². The molecule has 1 atom stereocenters. The van der Waals surface area contributed by atoms with Crippen molar-refractivity contribution in [3.8, 4) is 0 Å². The summed E-state index contributed by atoms with van der Waals surface area (Å²) in [5.74, 6) is -0.818. The minimum Gasteiger partial charge on any atom is -0.334 e. The quantitative estimate of drug-likeness (QED) is 0.774. The Labute approximate surface area is 130 Å². The fourth-order valence-electron chi connectivity index (χ4n) is 1.90. The summed E-state index contributed by atoms with van der Waals surface area (Å²) < 4.78 is 14.5. The molecular weight excluding hydrogens is 341 g/mol. The van der Waals surface area contributed by atoms with Crippen LogP contribution < -0.4 is 0 Å². The van der Waals surface area contributed by atoms with E-state index in [2.05, 4.69) is 15.9 Å². The average molecular weight is 356 g/mol. The summed E-state index contributed by atoms with van der Waals surface area (Å²) in [4.78, 5) is 16.3. The van der Waals surface area contributed by atoms with E-state index in [1.54, 1.807) is 29.4 Å². The van der Waals surface area contributed by atoms with Gasteiger partial charge in [0.2, 0.25) is 0 Å². The monoisotopic (exact) mass is 355 g/mol. The molecule has 2 aromatic rings. The summed E-state index contributed by atoms with van der Waals surface area (Å²) >= 11 is 4.91. The van der Waals surface area contributed by atoms with E-state index < -0.39 is 5.82 Å². The number of benzene rings is 1. The zero-order valence-corrected chi connectivity index (χ0v) is 13.9. The fourth-order valence-corrected chi connectivity index (χ4v) is 3.23. The highest BCUT2D eigenvalue weighted by Crippen LogP contribution is 2.28. The number of aryl methyl sites for hydroxylation is 1. The third kappa shape index (κ3) is 3.10. The summed E-state index contributed by atoms with van der Waals surface area (Å²) in [6.45, 7) is 3.97. The largest absolute Gasteiger partial charge is 0.334 e. The van der Waals surface area contributed by atoms with E-state index in [1.807, 2.05) is 26.0 Å². The van der Waals surface area contributed by atoms with Gasteiger partial charge in [-0.25, -0.2) is 4.39 Å². The molecule has 0 radical (unpaired) electrons. The van der Waals surface area contributed by atoms with Crippen LogP contribution in [0.5, 0.6) is 0 Å². The molecule has 0 saturated carbocycles. The molecule has 0 spiro atoms. The molecule has 1 aromatic heterocycles. The Bertz CT molecular complexity index is 641. The first-order valence-electron chi connectivity index (χ1n) is 6.18. The molecule has 1 unspecified atom stereocenters. The number of amides is 1. The minimum atomic E-state index is -0.500. The molecule has 2 nitrogen and oxygen atoms in total. The van der Waals surface area contributed by atoms with Gasteiger partial charge < -0.3 is 4.90 Å². The Morgan fingerprint density at radius 3 is 2.65 bits per heavy atom. The first-order valence-corrected chi connectivity index (χ1v) is 7.79. The van der Waals surface area contributed by atoms with Crippen LogP contribution in [-0.4, -0.2) is 17.9 Å². The molecule has 106 valence electrons. The van der Waals surface area contributed by atoms with Crippen LogP contribution in [0, 0.1) is 12.7 Å². The van der Waals surface area contributed by atoms with Crippen molar-refractivity contribution in [2.75, 3.05) is 7.05 Å². The molecule has 0 N–H and O–H groups in total. The highest BCUT2D eigenvalue weighted by molar-refractivity contribution is 9.10. The number of hydrogen-bond acceptors (Lipinski definition) is 2. The average Bonchev–Trinajstić information content (AvgIpc) is 2.85. The van der Waals surface area contributed by atoms with Crippen LogP contribution in [0.4, 0.5) is 4.39 Å². The lowest BCUT2D eigenvalue weighted by Gasteiger charge is -2.24. The topological polar surface area (TPSA) is 20.3 Å². The van der Waals surface area contributed by atoms with E-state index in [0.717, 1.165) is 4.88 Å². The van der Waals surface area contributed by atoms with E-state index in [1.165, 1.54) is 17.0 Å². The summed E-state index contributed by atoms with van der Waals surface area (Å²) in [7, 11) is 1.70. The van der Waals surface area contributed by atoms with Gasteiger partial charge in [0.25, 0.3) is 5.91 Å². The molecule has 0 fully saturated rings. The van der Waals surface area contributed by atoms with Crippen molar-refractivity contribution in [3.63, 3.8) is 0 Å². The lowest BCUT2D eigenvalue weighted by atomic mass is 10.1. The molecule has 2 rings (SSSR count). The molecule has 5 heteroatoms. The number of thiophene rings is 1. The van der Waals surface area contributed by atoms with Gasteiger partial charge in [-0.3, -0.25) is 4.79 Å². The smallest absolute Gasteiger partial charge is 0.257 e. The first-order chi connectivity index (χ1) is 9.40. The summed E-state index contributed by atoms with van der Waals surface area (Å²) in [6.07, 6.45) is 0. The van der Waals surface area contributed by atoms with E-state index in [4.69, 9.17) is 0 Å². The van der Waals surface area contributed by atoms with Crippen molar-refractivity contribution in [2.24, 2.45) is 0 Å². The van der Waals surface area contributed by atoms with Crippen LogP contribution in [0.3, 0.4) is 0 Å². The van der Waals surface area contributed by atoms with Gasteiger partial charge in [-0.15, -0.1) is 11.3 Å². The molecule has 1 aromatic carbocycles. The Hall–Kier alpha value is -1.20. The van der Waals surface area contributed by atoms with Crippen molar-refractivity contribution >= 4 is 33.2 Å². The lowest BCUT2D eigenvalue weighted by molar-refractivity contribution is 0.0740. The molecule has 0 saturated heterocycles. The second-order valence-corrected chi connectivity index (χ2v) is 6.90. The molecular formula is C15H15BrFNOS. The highest BCUT2D eigenvalue weighted by Gasteiger charge is 2.22. The second kappa shape index (κ2) is 6.06. The van der Waals surface area contributed by atoms with Gasteiger partial charge in [0.15, 0.2) is 0 Å². The van der Waals surface area contributed by atoms with Crippen LogP contribution in [-0.2, 0) is 0 Å². The molecule has 0 aliphatic rings. The number of carbonyl (C=O) groups is 1. The third-order valence-electron chi connectivity index (χ3n) is 3.23. The van der Waals surface area contributed by atoms with Gasteiger partial charge in [0, 0.05) is 21.3 Å². The van der Waals surface area contributed by atoms with Crippen molar-refractivity contribution in [3.05, 3.63) is 55.9 Å². The standard InChI is InChI=1S/C15H15BrFNOS/c1-9-4-7-14(20-9)10(2)18(3)15(19)12-8-11(16)5-6-13(12)17/h4-8,10H,1-3H3. The highest BCUT2D eigenvalue weighted by atomic mass is 79.9. The maximum Gasteiger partial charge on any atom is 0.257 e. The first kappa shape index (κ1) is 15.2. The molecule has 20 heavy (non-hydrogen) atoms. The van der Waals surface area contributed by atoms with Crippen molar-refractivity contribution < 1.29 is 9.18 Å². The minimum absolute atomic E-state index is 0.0837. The Kier molecular flexibility index (Phi) is 4.60. The van der Waals surface area contributed by atoms with Crippen molar-refractivity contribution in [2.45, 2.75) is 19.9 Å². The van der Waals surface area contributed by atoms with E-state index >= 15 is 0 Å². The molecule has 1 amide bonds. The van der Waals surface area contributed by atoms with Crippen LogP contribution in [0.15, 0.2) is 34.8 Å². The van der Waals surface area contributed by atoms with E-state index in [9.17, 15) is 9.18 Å². The van der Waals surface area contributed by atoms with Gasteiger partial charge in [-0.2, -0.15) is 0 Å². The molecule has 0 bridgehead atoms. The van der Waals surface area contributed by atoms with Gasteiger partial charge in [0.05, 0.1) is 11.6 Å². The van der Waals surface area contributed by atoms with Crippen molar-refractivity contribution in [1.29, 1.82) is 0 Å². The lowest BCUT2D eigenvalue weighted by Crippen LogP contribution is -2.29. The molecule has 0 aliphatic carbocycles. The van der Waals surface area contributed by atoms with Crippen LogP contribution in [0.2, 0.25) is 0 Å². The van der Waals surface area contributed by atoms with Gasteiger partial charge in [-0.05, 0) is 44.2 Å². The maximum atomic E-state index is 13.8. The summed E-state index contributed by atoms with van der Waals surface area (Å²) in [5.41, 5.74) is 0.0852. The zero-order chi connectivity index (χ0) is 14.9. The van der Waals surface area contributed by atoms with E-state index in [0.29, 0.717) is 4.47 Å². The Balaban J connectivity index is 2.26. The molecule has 0 aliphatic heterocycles. The van der Waals surface area contributed by atoms with Gasteiger partial charge in [-0.1, -0.05) is 15.9 Å². The Morgan fingerprint density at radius 2 is 2.05 bits per heavy atom. The van der Waals surface area contributed by atoms with Crippen LogP contribution in [0.1, 0.15) is 33.1 Å². The summed E-state index contributed by atoms with van der Waals surface area (Å²) in [5, 5.41) is 0. The number of hydrogen-bond donors (Lipinski definition) is 0. The van der Waals surface area contributed by atoms with Gasteiger partial charge >= 0.3 is 0 Å². The number of carbonyl (C=O) groups excluding carboxylic acids is 1. The second-order valence-electron chi connectivity index (χ2n) is 4.66. The zero-order valence-electron chi connectivity index (χ0n) is 11.5. The van der Waals surface area contributed by atoms with Crippen LogP contribution >= 0.6 is 27.3 Å². The number of nitrogens with zero attached hydrogens (tertiary/aromatic N) is 1. The number of rotatable bonds is 3. The summed E-state index contributed by atoms with van der Waals surface area (Å²) in [6, 6.07) is 8.34. The normalized spacial score (nSPS) is 12.2. The third-order valence-corrected chi connectivity index (χ3v) is 4.90. The predicted molar refractivity (Wildman–Crippen MR) is 83.7 cm³/mol. The van der Waals surface area contributed by atoms with Gasteiger partial charge in [0.1, 0.15) is 5.82 Å². The maximum absolute atomic E-state index is 13.8. The SMILES string of the molecule is Cc1ccc(C(C)N(C)C(=O)c2cc(Br)ccc2F)s1. The molecule has 1 heterocycles.